The first-order valence-electron chi connectivity index (χ1n) is 18.3. The van der Waals surface area contributed by atoms with Crippen molar-refractivity contribution in [1.82, 2.24) is 0 Å². The molecule has 10 aromatic carbocycles. The molecule has 0 amide bonds. The van der Waals surface area contributed by atoms with Gasteiger partial charge in [-0.3, -0.25) is 0 Å². The first-order chi connectivity index (χ1) is 26.3. The van der Waals surface area contributed by atoms with Crippen molar-refractivity contribution in [3.8, 4) is 44.5 Å². The number of rotatable bonds is 4. The van der Waals surface area contributed by atoms with E-state index < -0.39 is 0 Å². The number of hydrogen-bond donors (Lipinski definition) is 0. The highest BCUT2D eigenvalue weighted by atomic mass is 16.3. The molecule has 11 aromatic rings. The van der Waals surface area contributed by atoms with Crippen molar-refractivity contribution in [2.75, 3.05) is 0 Å². The van der Waals surface area contributed by atoms with Crippen LogP contribution < -0.4 is 0 Å². The van der Waals surface area contributed by atoms with E-state index in [2.05, 4.69) is 188 Å². The summed E-state index contributed by atoms with van der Waals surface area (Å²) in [5, 5.41) is 12.2. The third-order valence-electron chi connectivity index (χ3n) is 11.0. The molecule has 11 rings (SSSR count). The summed E-state index contributed by atoms with van der Waals surface area (Å²) < 4.78 is 6.29. The summed E-state index contributed by atoms with van der Waals surface area (Å²) in [5.41, 5.74) is 11.6. The van der Waals surface area contributed by atoms with Gasteiger partial charge in [0, 0.05) is 10.8 Å². The molecule has 0 N–H and O–H groups in total. The van der Waals surface area contributed by atoms with E-state index in [4.69, 9.17) is 4.42 Å². The second kappa shape index (κ2) is 11.8. The quantitative estimate of drug-likeness (QED) is 0.170. The minimum absolute atomic E-state index is 0.905. The maximum absolute atomic E-state index is 6.29. The van der Waals surface area contributed by atoms with Gasteiger partial charge < -0.3 is 4.42 Å². The van der Waals surface area contributed by atoms with Crippen LogP contribution in [0.4, 0.5) is 0 Å². The van der Waals surface area contributed by atoms with E-state index >= 15 is 0 Å². The number of furan rings is 1. The molecule has 0 radical (unpaired) electrons. The van der Waals surface area contributed by atoms with Crippen molar-refractivity contribution in [1.29, 1.82) is 0 Å². The second-order valence-electron chi connectivity index (χ2n) is 14.0. The highest BCUT2D eigenvalue weighted by Crippen LogP contribution is 2.47. The lowest BCUT2D eigenvalue weighted by molar-refractivity contribution is 0.669. The predicted octanol–water partition coefficient (Wildman–Crippen LogP) is 14.9. The minimum Gasteiger partial charge on any atom is -0.456 e. The fraction of sp³-hybridized carbons (Fsp3) is 0. The molecular weight excluding hydrogens is 641 g/mol. The van der Waals surface area contributed by atoms with Crippen LogP contribution in [0.15, 0.2) is 199 Å². The van der Waals surface area contributed by atoms with Crippen LogP contribution in [0.5, 0.6) is 0 Å². The summed E-state index contributed by atoms with van der Waals surface area (Å²) in [6.45, 7) is 0. The van der Waals surface area contributed by atoms with Gasteiger partial charge >= 0.3 is 0 Å². The zero-order valence-corrected chi connectivity index (χ0v) is 28.9. The topological polar surface area (TPSA) is 13.1 Å². The number of benzene rings is 10. The Morgan fingerprint density at radius 3 is 1.42 bits per heavy atom. The van der Waals surface area contributed by atoms with E-state index in [-0.39, 0.29) is 0 Å². The van der Waals surface area contributed by atoms with Crippen LogP contribution in [0, 0.1) is 0 Å². The number of hydrogen-bond acceptors (Lipinski definition) is 1. The molecule has 53 heavy (non-hydrogen) atoms. The molecule has 0 fully saturated rings. The van der Waals surface area contributed by atoms with Crippen molar-refractivity contribution >= 4 is 65.0 Å². The maximum Gasteiger partial charge on any atom is 0.135 e. The van der Waals surface area contributed by atoms with Crippen molar-refractivity contribution in [3.05, 3.63) is 194 Å². The van der Waals surface area contributed by atoms with Crippen LogP contribution >= 0.6 is 0 Å². The molecule has 0 atom stereocenters. The molecule has 1 nitrogen and oxygen atoms in total. The van der Waals surface area contributed by atoms with Gasteiger partial charge in [0.15, 0.2) is 0 Å². The van der Waals surface area contributed by atoms with E-state index in [1.165, 1.54) is 87.6 Å². The van der Waals surface area contributed by atoms with Crippen LogP contribution in [0.25, 0.3) is 110 Å². The summed E-state index contributed by atoms with van der Waals surface area (Å²) >= 11 is 0. The molecule has 0 spiro atoms. The molecule has 1 heterocycles. The first-order valence-corrected chi connectivity index (χ1v) is 18.3. The highest BCUT2D eigenvalue weighted by molar-refractivity contribution is 6.23. The Morgan fingerprint density at radius 1 is 0.245 bits per heavy atom. The van der Waals surface area contributed by atoms with Gasteiger partial charge in [-0.1, -0.05) is 164 Å². The molecule has 0 bridgehead atoms. The largest absolute Gasteiger partial charge is 0.456 e. The van der Waals surface area contributed by atoms with Crippen molar-refractivity contribution in [3.63, 3.8) is 0 Å². The average molecular weight is 673 g/mol. The normalized spacial score (nSPS) is 11.8. The van der Waals surface area contributed by atoms with E-state index in [1.54, 1.807) is 0 Å². The van der Waals surface area contributed by atoms with Gasteiger partial charge in [0.2, 0.25) is 0 Å². The molecule has 0 unspecified atom stereocenters. The summed E-state index contributed by atoms with van der Waals surface area (Å²) in [4.78, 5) is 0. The molecule has 0 aliphatic heterocycles. The van der Waals surface area contributed by atoms with E-state index in [9.17, 15) is 0 Å². The molecule has 0 aliphatic carbocycles. The van der Waals surface area contributed by atoms with E-state index in [1.807, 2.05) is 6.07 Å². The van der Waals surface area contributed by atoms with Gasteiger partial charge in [-0.25, -0.2) is 0 Å². The van der Waals surface area contributed by atoms with Crippen LogP contribution in [0.3, 0.4) is 0 Å². The van der Waals surface area contributed by atoms with Gasteiger partial charge in [0.05, 0.1) is 0 Å². The summed E-state index contributed by atoms with van der Waals surface area (Å²) in [6.07, 6.45) is 0. The lowest BCUT2D eigenvalue weighted by Gasteiger charge is -2.19. The molecule has 1 aromatic heterocycles. The van der Waals surface area contributed by atoms with Gasteiger partial charge in [0.1, 0.15) is 11.2 Å². The lowest BCUT2D eigenvalue weighted by Crippen LogP contribution is -1.92. The molecule has 246 valence electrons. The summed E-state index contributed by atoms with van der Waals surface area (Å²) in [6, 6.07) is 70.8. The van der Waals surface area contributed by atoms with Gasteiger partial charge in [-0.15, -0.1) is 0 Å². The van der Waals surface area contributed by atoms with Gasteiger partial charge in [-0.05, 0) is 118 Å². The van der Waals surface area contributed by atoms with Gasteiger partial charge in [0.25, 0.3) is 0 Å². The Kier molecular flexibility index (Phi) is 6.62. The molecular formula is C52H32O. The molecule has 1 heteroatoms. The maximum atomic E-state index is 6.29. The van der Waals surface area contributed by atoms with Crippen LogP contribution in [0.2, 0.25) is 0 Å². The Balaban J connectivity index is 1.23. The van der Waals surface area contributed by atoms with Crippen molar-refractivity contribution in [2.45, 2.75) is 0 Å². The SMILES string of the molecule is c1cc(-c2cccc3ccccc23)cc(-c2c3ccccc3c(-c3ccc4oc5ccccc5c4c3)c3cc(-c4cccc5ccccc45)ccc23)c1. The van der Waals surface area contributed by atoms with Crippen molar-refractivity contribution in [2.24, 2.45) is 0 Å². The Morgan fingerprint density at radius 2 is 0.698 bits per heavy atom. The monoisotopic (exact) mass is 672 g/mol. The Bertz CT molecular complexity index is 3220. The summed E-state index contributed by atoms with van der Waals surface area (Å²) in [7, 11) is 0. The second-order valence-corrected chi connectivity index (χ2v) is 14.0. The Labute approximate surface area is 307 Å². The fourth-order valence-electron chi connectivity index (χ4n) is 8.65. The van der Waals surface area contributed by atoms with Crippen LogP contribution in [-0.2, 0) is 0 Å². The fourth-order valence-corrected chi connectivity index (χ4v) is 8.65. The van der Waals surface area contributed by atoms with Gasteiger partial charge in [-0.2, -0.15) is 0 Å². The number of fused-ring (bicyclic) bond motifs is 7. The standard InChI is InChI=1S/C52H32O/c1-3-18-39-33(12-1)14-10-23-41(39)35-16-9-17-37(30-35)51-44-21-5-6-22-45(44)52(38-27-29-50-47(32-38)43-20-7-8-25-49(43)53-50)48-31-36(26-28-46(48)51)42-24-11-15-34-13-2-4-19-40(34)42/h1-32H. The summed E-state index contributed by atoms with van der Waals surface area (Å²) in [5.74, 6) is 0. The van der Waals surface area contributed by atoms with E-state index in [0.717, 1.165) is 21.9 Å². The molecule has 0 saturated heterocycles. The third-order valence-corrected chi connectivity index (χ3v) is 11.0. The molecule has 0 saturated carbocycles. The zero-order valence-electron chi connectivity index (χ0n) is 28.9. The lowest BCUT2D eigenvalue weighted by atomic mass is 9.83. The molecule has 0 aliphatic rings. The van der Waals surface area contributed by atoms with Crippen LogP contribution in [0.1, 0.15) is 0 Å². The Hall–Kier alpha value is -6.96. The van der Waals surface area contributed by atoms with Crippen molar-refractivity contribution < 1.29 is 4.42 Å². The zero-order chi connectivity index (χ0) is 34.9. The predicted molar refractivity (Wildman–Crippen MR) is 225 cm³/mol. The van der Waals surface area contributed by atoms with Crippen LogP contribution in [-0.4, -0.2) is 0 Å². The first kappa shape index (κ1) is 29.7. The highest BCUT2D eigenvalue weighted by Gasteiger charge is 2.20. The number of para-hydroxylation sites is 1. The smallest absolute Gasteiger partial charge is 0.135 e. The third kappa shape index (κ3) is 4.71. The average Bonchev–Trinajstić information content (AvgIpc) is 3.60. The minimum atomic E-state index is 0.905. The van der Waals surface area contributed by atoms with E-state index in [0.29, 0.717) is 0 Å².